The van der Waals surface area contributed by atoms with Crippen molar-refractivity contribution in [2.45, 2.75) is 31.7 Å². The molecule has 0 radical (unpaired) electrons. The van der Waals surface area contributed by atoms with E-state index in [1.54, 1.807) is 0 Å². The maximum atomic E-state index is 10.8. The predicted octanol–water partition coefficient (Wildman–Crippen LogP) is 0.991. The van der Waals surface area contributed by atoms with Crippen molar-refractivity contribution in [2.75, 3.05) is 33.2 Å². The van der Waals surface area contributed by atoms with Crippen LogP contribution in [0.25, 0.3) is 0 Å². The zero-order valence-corrected chi connectivity index (χ0v) is 10.2. The van der Waals surface area contributed by atoms with Crippen LogP contribution in [0.5, 0.6) is 0 Å². The van der Waals surface area contributed by atoms with Crippen LogP contribution in [0.2, 0.25) is 0 Å². The Bertz CT molecular complexity index is 280. The molecule has 2 aliphatic heterocycles. The number of aldehydes is 1. The van der Waals surface area contributed by atoms with E-state index in [4.69, 9.17) is 0 Å². The molecule has 0 aromatic rings. The summed E-state index contributed by atoms with van der Waals surface area (Å²) in [7, 11) is 2.07. The van der Waals surface area contributed by atoms with E-state index in [2.05, 4.69) is 16.8 Å². The van der Waals surface area contributed by atoms with Gasteiger partial charge in [0.2, 0.25) is 0 Å². The largest absolute Gasteiger partial charge is 0.302 e. The maximum Gasteiger partial charge on any atom is 0.137 e. The number of hydrogen-bond donors (Lipinski definition) is 0. The Morgan fingerprint density at radius 3 is 2.62 bits per heavy atom. The summed E-state index contributed by atoms with van der Waals surface area (Å²) in [6, 6.07) is 0.184. The number of hydrogen-bond acceptors (Lipinski definition) is 3. The summed E-state index contributed by atoms with van der Waals surface area (Å²) in [5, 5.41) is 0. The highest BCUT2D eigenvalue weighted by Crippen LogP contribution is 2.48. The van der Waals surface area contributed by atoms with Crippen LogP contribution < -0.4 is 0 Å². The summed E-state index contributed by atoms with van der Waals surface area (Å²) in [6.07, 6.45) is 6.57. The molecular formula is C13H22N2O. The summed E-state index contributed by atoms with van der Waals surface area (Å²) in [5.41, 5.74) is 0.745. The van der Waals surface area contributed by atoms with Gasteiger partial charge in [0.25, 0.3) is 0 Å². The molecular weight excluding hydrogens is 200 g/mol. The van der Waals surface area contributed by atoms with Gasteiger partial charge >= 0.3 is 0 Å². The van der Waals surface area contributed by atoms with Crippen LogP contribution in [0, 0.1) is 11.3 Å². The smallest absolute Gasteiger partial charge is 0.137 e. The lowest BCUT2D eigenvalue weighted by Crippen LogP contribution is -2.60. The number of nitrogens with zero attached hydrogens (tertiary/aromatic N) is 2. The second-order valence-corrected chi connectivity index (χ2v) is 6.27. The zero-order chi connectivity index (χ0) is 11.2. The van der Waals surface area contributed by atoms with Crippen LogP contribution >= 0.6 is 0 Å². The van der Waals surface area contributed by atoms with E-state index in [0.717, 1.165) is 30.6 Å². The van der Waals surface area contributed by atoms with Gasteiger partial charge in [-0.15, -0.1) is 0 Å². The summed E-state index contributed by atoms with van der Waals surface area (Å²) < 4.78 is 0. The Morgan fingerprint density at radius 2 is 2.12 bits per heavy atom. The number of likely N-dealkylation sites (tertiary alicyclic amines) is 2. The summed E-state index contributed by atoms with van der Waals surface area (Å²) in [6.45, 7) is 4.99. The Kier molecular flexibility index (Phi) is 2.55. The monoisotopic (exact) mass is 222 g/mol. The fraction of sp³-hybridized carbons (Fsp3) is 0.923. The van der Waals surface area contributed by atoms with Crippen molar-refractivity contribution in [1.82, 2.24) is 9.80 Å². The first kappa shape index (κ1) is 10.7. The lowest BCUT2D eigenvalue weighted by molar-refractivity contribution is -0.111. The average Bonchev–Trinajstić information content (AvgIpc) is 2.48. The van der Waals surface area contributed by atoms with Crippen molar-refractivity contribution in [2.24, 2.45) is 11.3 Å². The van der Waals surface area contributed by atoms with E-state index in [-0.39, 0.29) is 6.04 Å². The molecule has 2 unspecified atom stereocenters. The zero-order valence-electron chi connectivity index (χ0n) is 10.2. The minimum Gasteiger partial charge on any atom is -0.302 e. The molecule has 0 amide bonds. The Labute approximate surface area is 97.8 Å². The third-order valence-corrected chi connectivity index (χ3v) is 4.89. The molecule has 3 heteroatoms. The highest BCUT2D eigenvalue weighted by atomic mass is 16.1. The van der Waals surface area contributed by atoms with Gasteiger partial charge in [-0.1, -0.05) is 6.42 Å². The number of likely N-dealkylation sites (N-methyl/N-ethyl adjacent to an activating group) is 1. The topological polar surface area (TPSA) is 23.6 Å². The van der Waals surface area contributed by atoms with Gasteiger partial charge in [0, 0.05) is 26.2 Å². The molecule has 1 saturated carbocycles. The Morgan fingerprint density at radius 1 is 1.38 bits per heavy atom. The lowest BCUT2D eigenvalue weighted by atomic mass is 9.63. The van der Waals surface area contributed by atoms with Gasteiger partial charge in [0.15, 0.2) is 0 Å². The Hall–Kier alpha value is -0.410. The van der Waals surface area contributed by atoms with Gasteiger partial charge in [-0.25, -0.2) is 0 Å². The predicted molar refractivity (Wildman–Crippen MR) is 63.3 cm³/mol. The SMILES string of the molecule is CN1CC(CN2CC3(CCC3)C2)CC1C=O. The second-order valence-electron chi connectivity index (χ2n) is 6.27. The normalized spacial score (nSPS) is 38.3. The highest BCUT2D eigenvalue weighted by Gasteiger charge is 2.47. The van der Waals surface area contributed by atoms with Gasteiger partial charge < -0.3 is 9.69 Å². The number of carbonyl (C=O) groups excluding carboxylic acids is 1. The van der Waals surface area contributed by atoms with Gasteiger partial charge in [-0.3, -0.25) is 4.90 Å². The molecule has 0 aromatic carbocycles. The minimum atomic E-state index is 0.184. The molecule has 2 saturated heterocycles. The third-order valence-electron chi connectivity index (χ3n) is 4.89. The maximum absolute atomic E-state index is 10.8. The van der Waals surface area contributed by atoms with E-state index >= 15 is 0 Å². The summed E-state index contributed by atoms with van der Waals surface area (Å²) in [4.78, 5) is 15.6. The number of carbonyl (C=O) groups is 1. The molecule has 0 bridgehead atoms. The van der Waals surface area contributed by atoms with E-state index in [9.17, 15) is 4.79 Å². The molecule has 2 atom stereocenters. The Balaban J connectivity index is 1.45. The van der Waals surface area contributed by atoms with E-state index in [1.807, 2.05) is 0 Å². The lowest BCUT2D eigenvalue weighted by Gasteiger charge is -2.56. The summed E-state index contributed by atoms with van der Waals surface area (Å²) in [5.74, 6) is 0.720. The van der Waals surface area contributed by atoms with E-state index in [0.29, 0.717) is 0 Å². The minimum absolute atomic E-state index is 0.184. The molecule has 90 valence electrons. The van der Waals surface area contributed by atoms with E-state index in [1.165, 1.54) is 38.9 Å². The van der Waals surface area contributed by atoms with Crippen LogP contribution in [0.15, 0.2) is 0 Å². The molecule has 0 N–H and O–H groups in total. The highest BCUT2D eigenvalue weighted by molar-refractivity contribution is 5.58. The van der Waals surface area contributed by atoms with Crippen molar-refractivity contribution in [3.63, 3.8) is 0 Å². The third kappa shape index (κ3) is 1.70. The van der Waals surface area contributed by atoms with Gasteiger partial charge in [-0.05, 0) is 37.6 Å². The van der Waals surface area contributed by atoms with Gasteiger partial charge in [-0.2, -0.15) is 0 Å². The first-order valence-corrected chi connectivity index (χ1v) is 6.59. The van der Waals surface area contributed by atoms with Crippen molar-refractivity contribution >= 4 is 6.29 Å². The molecule has 1 aliphatic carbocycles. The van der Waals surface area contributed by atoms with Crippen LogP contribution in [0.1, 0.15) is 25.7 Å². The van der Waals surface area contributed by atoms with Crippen LogP contribution in [-0.4, -0.2) is 55.4 Å². The summed E-state index contributed by atoms with van der Waals surface area (Å²) >= 11 is 0. The van der Waals surface area contributed by atoms with Crippen LogP contribution in [0.3, 0.4) is 0 Å². The molecule has 3 aliphatic rings. The molecule has 16 heavy (non-hydrogen) atoms. The standard InChI is InChI=1S/C13H22N2O/c1-14-6-11(5-12(14)8-16)7-15-9-13(10-15)3-2-4-13/h8,11-12H,2-7,9-10H2,1H3. The average molecular weight is 222 g/mol. The molecule has 3 rings (SSSR count). The molecule has 3 fully saturated rings. The first-order chi connectivity index (χ1) is 7.71. The van der Waals surface area contributed by atoms with Crippen molar-refractivity contribution in [3.05, 3.63) is 0 Å². The van der Waals surface area contributed by atoms with E-state index < -0.39 is 0 Å². The van der Waals surface area contributed by atoms with Crippen LogP contribution in [0.4, 0.5) is 0 Å². The quantitative estimate of drug-likeness (QED) is 0.665. The number of rotatable bonds is 3. The van der Waals surface area contributed by atoms with Crippen molar-refractivity contribution < 1.29 is 4.79 Å². The fourth-order valence-corrected chi connectivity index (χ4v) is 3.82. The molecule has 0 aromatic heterocycles. The molecule has 3 nitrogen and oxygen atoms in total. The molecule has 2 heterocycles. The fourth-order valence-electron chi connectivity index (χ4n) is 3.82. The van der Waals surface area contributed by atoms with Gasteiger partial charge in [0.05, 0.1) is 6.04 Å². The van der Waals surface area contributed by atoms with Crippen molar-refractivity contribution in [3.8, 4) is 0 Å². The van der Waals surface area contributed by atoms with Crippen LogP contribution in [-0.2, 0) is 4.79 Å². The van der Waals surface area contributed by atoms with Gasteiger partial charge in [0.1, 0.15) is 6.29 Å². The first-order valence-electron chi connectivity index (χ1n) is 6.59. The van der Waals surface area contributed by atoms with Crippen molar-refractivity contribution in [1.29, 1.82) is 0 Å². The second kappa shape index (κ2) is 3.81. The molecule has 1 spiro atoms.